The smallest absolute Gasteiger partial charge is 0.244 e. The lowest BCUT2D eigenvalue weighted by Crippen LogP contribution is -2.53. The minimum Gasteiger partial charge on any atom is -0.354 e. The second-order valence-corrected chi connectivity index (χ2v) is 12.0. The number of sulfonamides is 1. The van der Waals surface area contributed by atoms with Crippen molar-refractivity contribution in [3.8, 4) is 0 Å². The highest BCUT2D eigenvalue weighted by Crippen LogP contribution is 2.25. The van der Waals surface area contributed by atoms with Crippen LogP contribution >= 0.6 is 11.6 Å². The van der Waals surface area contributed by atoms with Gasteiger partial charge >= 0.3 is 0 Å². The van der Waals surface area contributed by atoms with E-state index in [4.69, 9.17) is 11.6 Å². The van der Waals surface area contributed by atoms with Crippen molar-refractivity contribution in [2.24, 2.45) is 0 Å². The highest BCUT2D eigenvalue weighted by Gasteiger charge is 2.33. The topological polar surface area (TPSA) is 86.8 Å². The Balaban J connectivity index is 2.05. The number of rotatable bonds is 13. The number of carbonyl (C=O) groups excluding carboxylic acids is 2. The van der Waals surface area contributed by atoms with Crippen LogP contribution in [-0.2, 0) is 32.6 Å². The molecule has 3 aromatic carbocycles. The predicted octanol–water partition coefficient (Wildman–Crippen LogP) is 5.11. The number of hydrogen-bond donors (Lipinski definition) is 1. The van der Waals surface area contributed by atoms with Crippen LogP contribution < -0.4 is 9.62 Å². The third-order valence-electron chi connectivity index (χ3n) is 6.57. The summed E-state index contributed by atoms with van der Waals surface area (Å²) in [5.41, 5.74) is 2.65. The first-order chi connectivity index (χ1) is 19.0. The Morgan fingerprint density at radius 3 is 2.33 bits per heavy atom. The van der Waals surface area contributed by atoms with Crippen LogP contribution in [0.25, 0.3) is 0 Å². The summed E-state index contributed by atoms with van der Waals surface area (Å²) in [5.74, 6) is -1.62. The minimum absolute atomic E-state index is 0.0464. The van der Waals surface area contributed by atoms with Gasteiger partial charge in [-0.15, -0.1) is 0 Å². The highest BCUT2D eigenvalue weighted by atomic mass is 35.5. The van der Waals surface area contributed by atoms with Crippen molar-refractivity contribution in [2.75, 3.05) is 23.7 Å². The van der Waals surface area contributed by atoms with Crippen LogP contribution in [0.4, 0.5) is 10.1 Å². The molecule has 1 N–H and O–H groups in total. The van der Waals surface area contributed by atoms with Crippen LogP contribution in [0.5, 0.6) is 0 Å². The van der Waals surface area contributed by atoms with Gasteiger partial charge in [-0.1, -0.05) is 79.5 Å². The molecule has 7 nitrogen and oxygen atoms in total. The number of hydrogen-bond acceptors (Lipinski definition) is 4. The quantitative estimate of drug-likeness (QED) is 0.282. The molecule has 0 aliphatic rings. The molecule has 3 aromatic rings. The molecule has 10 heteroatoms. The normalized spacial score (nSPS) is 12.0. The Morgan fingerprint density at radius 2 is 1.70 bits per heavy atom. The third kappa shape index (κ3) is 8.53. The number of unbranched alkanes of at least 4 members (excludes halogenated alkanes) is 1. The van der Waals surface area contributed by atoms with Gasteiger partial charge in [-0.05, 0) is 48.2 Å². The molecule has 0 aliphatic carbocycles. The zero-order valence-corrected chi connectivity index (χ0v) is 24.5. The summed E-state index contributed by atoms with van der Waals surface area (Å²) in [6.45, 7) is 3.88. The SMILES string of the molecule is CCCCNC(=O)[C@H](Cc1ccccc1)N(Cc1ccccc1C)C(=O)CN(c1ccc(F)c(Cl)c1)S(C)(=O)=O. The first-order valence-electron chi connectivity index (χ1n) is 13.1. The molecule has 0 saturated heterocycles. The molecular weight excluding hydrogens is 553 g/mol. The fourth-order valence-corrected chi connectivity index (χ4v) is 5.30. The van der Waals surface area contributed by atoms with E-state index in [1.807, 2.05) is 68.4 Å². The summed E-state index contributed by atoms with van der Waals surface area (Å²) in [4.78, 5) is 29.1. The molecule has 0 aromatic heterocycles. The number of anilines is 1. The monoisotopic (exact) mass is 587 g/mol. The molecule has 0 fully saturated rings. The Hall–Kier alpha value is -3.43. The Bertz CT molecular complexity index is 1420. The van der Waals surface area contributed by atoms with Crippen LogP contribution in [0.2, 0.25) is 5.02 Å². The Morgan fingerprint density at radius 1 is 1.02 bits per heavy atom. The third-order valence-corrected chi connectivity index (χ3v) is 8.00. The van der Waals surface area contributed by atoms with Crippen LogP contribution in [0, 0.1) is 12.7 Å². The highest BCUT2D eigenvalue weighted by molar-refractivity contribution is 7.92. The Kier molecular flexibility index (Phi) is 11.1. The van der Waals surface area contributed by atoms with Gasteiger partial charge in [0, 0.05) is 19.5 Å². The molecule has 0 aliphatic heterocycles. The van der Waals surface area contributed by atoms with Crippen LogP contribution in [-0.4, -0.2) is 50.5 Å². The molecule has 0 saturated carbocycles. The number of benzene rings is 3. The molecule has 214 valence electrons. The van der Waals surface area contributed by atoms with Crippen molar-refractivity contribution in [1.29, 1.82) is 0 Å². The van der Waals surface area contributed by atoms with E-state index in [0.29, 0.717) is 6.54 Å². The molecule has 3 rings (SSSR count). The average Bonchev–Trinajstić information content (AvgIpc) is 2.91. The first kappa shape index (κ1) is 31.1. The van der Waals surface area contributed by atoms with E-state index in [2.05, 4.69) is 5.32 Å². The van der Waals surface area contributed by atoms with Gasteiger partial charge in [-0.3, -0.25) is 13.9 Å². The molecule has 0 heterocycles. The molecule has 0 spiro atoms. The molecular formula is C30H35ClFN3O4S. The summed E-state index contributed by atoms with van der Waals surface area (Å²) in [6.07, 6.45) is 2.86. The molecule has 0 radical (unpaired) electrons. The van der Waals surface area contributed by atoms with Crippen LogP contribution in [0.3, 0.4) is 0 Å². The molecule has 2 amide bonds. The second kappa shape index (κ2) is 14.3. The lowest BCUT2D eigenvalue weighted by molar-refractivity contribution is -0.140. The second-order valence-electron chi connectivity index (χ2n) is 9.67. The zero-order chi connectivity index (χ0) is 29.3. The van der Waals surface area contributed by atoms with E-state index in [-0.39, 0.29) is 29.6 Å². The summed E-state index contributed by atoms with van der Waals surface area (Å²) < 4.78 is 40.3. The van der Waals surface area contributed by atoms with Crippen LogP contribution in [0.1, 0.15) is 36.5 Å². The van der Waals surface area contributed by atoms with Crippen molar-refractivity contribution >= 4 is 39.1 Å². The van der Waals surface area contributed by atoms with Gasteiger partial charge in [0.1, 0.15) is 18.4 Å². The van der Waals surface area contributed by atoms with E-state index in [0.717, 1.165) is 52.2 Å². The number of nitrogens with zero attached hydrogens (tertiary/aromatic N) is 2. The van der Waals surface area contributed by atoms with Crippen molar-refractivity contribution < 1.29 is 22.4 Å². The summed E-state index contributed by atoms with van der Waals surface area (Å²) >= 11 is 5.93. The van der Waals surface area contributed by atoms with Gasteiger partial charge in [0.25, 0.3) is 0 Å². The molecule has 0 unspecified atom stereocenters. The summed E-state index contributed by atoms with van der Waals surface area (Å²) in [6, 6.07) is 19.4. The van der Waals surface area contributed by atoms with Crippen molar-refractivity contribution in [3.63, 3.8) is 0 Å². The van der Waals surface area contributed by atoms with E-state index < -0.39 is 34.3 Å². The van der Waals surface area contributed by atoms with Gasteiger partial charge in [0.05, 0.1) is 17.0 Å². The van der Waals surface area contributed by atoms with Crippen molar-refractivity contribution in [1.82, 2.24) is 10.2 Å². The van der Waals surface area contributed by atoms with Gasteiger partial charge in [-0.2, -0.15) is 0 Å². The maximum atomic E-state index is 14.0. The fraction of sp³-hybridized carbons (Fsp3) is 0.333. The predicted molar refractivity (Wildman–Crippen MR) is 157 cm³/mol. The maximum absolute atomic E-state index is 14.0. The largest absolute Gasteiger partial charge is 0.354 e. The van der Waals surface area contributed by atoms with Crippen molar-refractivity contribution in [2.45, 2.75) is 45.7 Å². The first-order valence-corrected chi connectivity index (χ1v) is 15.3. The van der Waals surface area contributed by atoms with E-state index >= 15 is 0 Å². The number of carbonyl (C=O) groups is 2. The van der Waals surface area contributed by atoms with Gasteiger partial charge < -0.3 is 10.2 Å². The number of nitrogens with one attached hydrogen (secondary N) is 1. The van der Waals surface area contributed by atoms with Crippen LogP contribution in [0.15, 0.2) is 72.8 Å². The lowest BCUT2D eigenvalue weighted by Gasteiger charge is -2.34. The van der Waals surface area contributed by atoms with Gasteiger partial charge in [-0.25, -0.2) is 12.8 Å². The summed E-state index contributed by atoms with van der Waals surface area (Å²) in [7, 11) is -3.98. The van der Waals surface area contributed by atoms with Gasteiger partial charge in [0.2, 0.25) is 21.8 Å². The molecule has 0 bridgehead atoms. The number of aryl methyl sites for hydroxylation is 1. The average molecular weight is 588 g/mol. The van der Waals surface area contributed by atoms with Gasteiger partial charge in [0.15, 0.2) is 0 Å². The lowest BCUT2D eigenvalue weighted by atomic mass is 10.0. The minimum atomic E-state index is -3.98. The molecule has 1 atom stereocenters. The summed E-state index contributed by atoms with van der Waals surface area (Å²) in [5, 5.41) is 2.67. The zero-order valence-electron chi connectivity index (χ0n) is 22.9. The van der Waals surface area contributed by atoms with E-state index in [1.54, 1.807) is 0 Å². The number of amides is 2. The maximum Gasteiger partial charge on any atom is 0.244 e. The fourth-order valence-electron chi connectivity index (χ4n) is 4.29. The van der Waals surface area contributed by atoms with Crippen molar-refractivity contribution in [3.05, 3.63) is 100 Å². The standard InChI is InChI=1S/C30H35ClFN3O4S/c1-4-5-17-33-30(37)28(18-23-12-7-6-8-13-23)34(20-24-14-10-9-11-22(24)2)29(36)21-35(40(3,38)39)25-15-16-27(32)26(31)19-25/h6-16,19,28H,4-5,17-18,20-21H2,1-3H3,(H,33,37)/t28-/m0/s1. The van der Waals surface area contributed by atoms with E-state index in [9.17, 15) is 22.4 Å². The van der Waals surface area contributed by atoms with E-state index in [1.165, 1.54) is 11.0 Å². The Labute approximate surface area is 241 Å². The number of halogens is 2. The molecule has 40 heavy (non-hydrogen) atoms.